The number of hydrogen-bond acceptors (Lipinski definition) is 4. The van der Waals surface area contributed by atoms with Gasteiger partial charge in [0.25, 0.3) is 0 Å². The van der Waals surface area contributed by atoms with Gasteiger partial charge in [-0.05, 0) is 12.8 Å². The molecule has 0 aromatic rings. The van der Waals surface area contributed by atoms with Crippen LogP contribution in [0.3, 0.4) is 0 Å². The second-order valence-electron chi connectivity index (χ2n) is 2.62. The van der Waals surface area contributed by atoms with Gasteiger partial charge in [-0.15, -0.1) is 0 Å². The normalized spacial score (nSPS) is 15.6. The van der Waals surface area contributed by atoms with Gasteiger partial charge in [0.05, 0.1) is 6.61 Å². The van der Waals surface area contributed by atoms with Gasteiger partial charge in [-0.2, -0.15) is 8.42 Å². The van der Waals surface area contributed by atoms with Crippen molar-refractivity contribution >= 4 is 16.3 Å². The summed E-state index contributed by atoms with van der Waals surface area (Å²) in [6.45, 7) is -0.374. The average Bonchev–Trinajstić information content (AvgIpc) is 1.99. The molecule has 0 rings (SSSR count). The summed E-state index contributed by atoms with van der Waals surface area (Å²) in [6, 6.07) is 0. The molecule has 1 atom stereocenters. The minimum Gasteiger partial charge on any atom is -1.00 e. The zero-order valence-corrected chi connectivity index (χ0v) is 12.5. The first-order chi connectivity index (χ1) is 5.87. The van der Waals surface area contributed by atoms with Crippen molar-refractivity contribution in [2.24, 2.45) is 0 Å². The molecule has 0 saturated carbocycles. The minimum absolute atomic E-state index is 0. The molecule has 14 heavy (non-hydrogen) atoms. The first-order valence-corrected chi connectivity index (χ1v) is 7.94. The van der Waals surface area contributed by atoms with Gasteiger partial charge < -0.3 is 5.95 Å². The second kappa shape index (κ2) is 7.39. The van der Waals surface area contributed by atoms with Gasteiger partial charge in [0.15, 0.2) is 0 Å². The van der Waals surface area contributed by atoms with Crippen LogP contribution < -0.4 is 29.6 Å². The largest absolute Gasteiger partial charge is 1.00 e. The van der Waals surface area contributed by atoms with Crippen molar-refractivity contribution in [2.75, 3.05) is 12.8 Å². The molecule has 8 heteroatoms. The van der Waals surface area contributed by atoms with Gasteiger partial charge >= 0.3 is 45.9 Å². The zero-order valence-electron chi connectivity index (χ0n) is 9.76. The third kappa shape index (κ3) is 5.26. The van der Waals surface area contributed by atoms with Crippen molar-refractivity contribution in [3.8, 4) is 0 Å². The van der Waals surface area contributed by atoms with E-state index in [1.54, 1.807) is 13.8 Å². The van der Waals surface area contributed by atoms with Crippen LogP contribution >= 0.6 is 6.57 Å². The van der Waals surface area contributed by atoms with Crippen LogP contribution in [0.2, 0.25) is 0 Å². The van der Waals surface area contributed by atoms with Crippen molar-refractivity contribution in [3.63, 3.8) is 0 Å². The molecule has 0 aromatic heterocycles. The van der Waals surface area contributed by atoms with Crippen LogP contribution in [-0.4, -0.2) is 25.7 Å². The maximum atomic E-state index is 11.5. The monoisotopic (exact) mass is 254 g/mol. The van der Waals surface area contributed by atoms with Crippen molar-refractivity contribution in [1.82, 2.24) is 0 Å². The van der Waals surface area contributed by atoms with Crippen molar-refractivity contribution in [1.29, 1.82) is 0 Å². The van der Waals surface area contributed by atoms with E-state index in [-0.39, 0.29) is 43.8 Å². The van der Waals surface area contributed by atoms with Crippen LogP contribution in [0.5, 0.6) is 0 Å². The molecule has 0 aliphatic rings. The van der Waals surface area contributed by atoms with E-state index in [2.05, 4.69) is 0 Å². The molecule has 0 heterocycles. The molecule has 0 spiro atoms. The Bertz CT molecular complexity index is 294. The average molecular weight is 254 g/mol. The molecule has 0 bridgehead atoms. The van der Waals surface area contributed by atoms with E-state index in [9.17, 15) is 13.0 Å². The van der Waals surface area contributed by atoms with E-state index in [0.717, 1.165) is 0 Å². The molecular formula is C6H16NaO5PS. The summed E-state index contributed by atoms with van der Waals surface area (Å²) in [5.41, 5.74) is 0. The Labute approximate surface area is 108 Å². The van der Waals surface area contributed by atoms with Crippen LogP contribution in [0.4, 0.5) is 0 Å². The molecule has 1 N–H and O–H groups in total. The van der Waals surface area contributed by atoms with Crippen LogP contribution in [0.25, 0.3) is 0 Å². The third-order valence-corrected chi connectivity index (χ3v) is 6.59. The molecule has 5 nitrogen and oxygen atoms in total. The molecule has 1 unspecified atom stereocenters. The maximum absolute atomic E-state index is 11.5. The Morgan fingerprint density at radius 1 is 1.36 bits per heavy atom. The number of rotatable bonds is 6. The molecule has 82 valence electrons. The Kier molecular flexibility index (Phi) is 9.23. The van der Waals surface area contributed by atoms with Crippen LogP contribution in [0.15, 0.2) is 0 Å². The molecule has 0 fully saturated rings. The molecular weight excluding hydrogens is 238 g/mol. The quantitative estimate of drug-likeness (QED) is 0.374. The molecule has 0 amide bonds. The Balaban J connectivity index is -0.000000720. The Morgan fingerprint density at radius 3 is 2.14 bits per heavy atom. The maximum Gasteiger partial charge on any atom is 1.00 e. The van der Waals surface area contributed by atoms with E-state index in [0.29, 0.717) is 12.8 Å². The third-order valence-electron chi connectivity index (χ3n) is 1.34. The summed E-state index contributed by atoms with van der Waals surface area (Å²) < 4.78 is 46.3. The topological polar surface area (TPSA) is 80.7 Å². The van der Waals surface area contributed by atoms with Gasteiger partial charge in [0, 0.05) is 6.16 Å². The summed E-state index contributed by atoms with van der Waals surface area (Å²) in [7, 11) is -4.57. The summed E-state index contributed by atoms with van der Waals surface area (Å²) in [5.74, 6) is 0. The number of hydrogen-bond donors (Lipinski definition) is 1. The summed E-state index contributed by atoms with van der Waals surface area (Å²) >= 11 is 0. The van der Waals surface area contributed by atoms with Crippen molar-refractivity contribution in [2.45, 2.75) is 26.7 Å². The molecule has 0 aliphatic heterocycles. The van der Waals surface area contributed by atoms with Crippen LogP contribution in [0, 0.1) is 0 Å². The summed E-state index contributed by atoms with van der Waals surface area (Å²) in [6.07, 6.45) is 0.815. The second-order valence-corrected chi connectivity index (χ2v) is 8.49. The minimum atomic E-state index is -4.57. The fourth-order valence-electron chi connectivity index (χ4n) is 0.751. The molecule has 0 aliphatic carbocycles. The van der Waals surface area contributed by atoms with Crippen molar-refractivity contribution < 1.29 is 53.0 Å². The Morgan fingerprint density at radius 2 is 1.86 bits per heavy atom. The van der Waals surface area contributed by atoms with E-state index in [1.165, 1.54) is 0 Å². The van der Waals surface area contributed by atoms with Crippen LogP contribution in [-0.2, 0) is 18.8 Å². The summed E-state index contributed by atoms with van der Waals surface area (Å²) in [5, 5.41) is 0. The van der Waals surface area contributed by atoms with Gasteiger partial charge in [-0.3, -0.25) is 9.12 Å². The van der Waals surface area contributed by atoms with Gasteiger partial charge in [-0.1, -0.05) is 13.8 Å². The van der Waals surface area contributed by atoms with E-state index in [1.807, 2.05) is 0 Å². The van der Waals surface area contributed by atoms with E-state index < -0.39 is 16.3 Å². The zero-order chi connectivity index (χ0) is 10.5. The Hall–Kier alpha value is 1.10. The SMILES string of the molecule is CCCOP(=O)(CCC)S(=O)(=O)O.[H-].[Na+]. The predicted octanol–water partition coefficient (Wildman–Crippen LogP) is -0.980. The first kappa shape index (κ1) is 17.5. The summed E-state index contributed by atoms with van der Waals surface area (Å²) in [4.78, 5) is 0. The van der Waals surface area contributed by atoms with Gasteiger partial charge in [0.1, 0.15) is 0 Å². The van der Waals surface area contributed by atoms with Crippen LogP contribution in [0.1, 0.15) is 28.1 Å². The van der Waals surface area contributed by atoms with Gasteiger partial charge in [0.2, 0.25) is 0 Å². The van der Waals surface area contributed by atoms with E-state index >= 15 is 0 Å². The first-order valence-electron chi connectivity index (χ1n) is 4.08. The fourth-order valence-corrected chi connectivity index (χ4v) is 4.12. The molecule has 0 saturated heterocycles. The smallest absolute Gasteiger partial charge is 1.00 e. The molecule has 0 aromatic carbocycles. The fraction of sp³-hybridized carbons (Fsp3) is 1.00. The van der Waals surface area contributed by atoms with Crippen molar-refractivity contribution in [3.05, 3.63) is 0 Å². The molecule has 0 radical (unpaired) electrons. The van der Waals surface area contributed by atoms with Gasteiger partial charge in [-0.25, -0.2) is 0 Å². The van der Waals surface area contributed by atoms with E-state index in [4.69, 9.17) is 9.08 Å². The predicted molar refractivity (Wildman–Crippen MR) is 51.7 cm³/mol. The standard InChI is InChI=1S/C6H15O5PS.Na.H/c1-3-5-11-12(7,6-4-2)13(8,9)10;;/h3-6H2,1-2H3,(H,8,9,10);;/q;+1;-1.